The maximum atomic E-state index is 4.64. The highest BCUT2D eigenvalue weighted by molar-refractivity contribution is 5.83. The van der Waals surface area contributed by atoms with Gasteiger partial charge in [0.1, 0.15) is 0 Å². The van der Waals surface area contributed by atoms with Gasteiger partial charge in [-0.25, -0.2) is 0 Å². The summed E-state index contributed by atoms with van der Waals surface area (Å²) in [5, 5.41) is 3.71. The number of pyridine rings is 1. The summed E-state index contributed by atoms with van der Waals surface area (Å²) in [5.74, 6) is 1.93. The summed E-state index contributed by atoms with van der Waals surface area (Å²) in [5.41, 5.74) is 6.49. The van der Waals surface area contributed by atoms with Crippen molar-refractivity contribution >= 4 is 11.4 Å². The fraction of sp³-hybridized carbons (Fsp3) is 0.409. The van der Waals surface area contributed by atoms with Gasteiger partial charge in [0.25, 0.3) is 0 Å². The van der Waals surface area contributed by atoms with Crippen molar-refractivity contribution in [3.8, 4) is 0 Å². The molecule has 0 bridgehead atoms. The quantitative estimate of drug-likeness (QED) is 0.885. The molecule has 0 spiro atoms. The van der Waals surface area contributed by atoms with Gasteiger partial charge in [-0.05, 0) is 68.1 Å². The normalized spacial score (nSPS) is 25.4. The van der Waals surface area contributed by atoms with Crippen LogP contribution < -0.4 is 5.32 Å². The van der Waals surface area contributed by atoms with Crippen molar-refractivity contribution in [1.29, 1.82) is 0 Å². The first-order chi connectivity index (χ1) is 12.1. The average molecular weight is 333 g/mol. The Morgan fingerprint density at radius 1 is 1.08 bits per heavy atom. The molecule has 1 atom stereocenters. The molecule has 1 aromatic carbocycles. The van der Waals surface area contributed by atoms with E-state index in [1.54, 1.807) is 5.57 Å². The Morgan fingerprint density at radius 2 is 1.84 bits per heavy atom. The van der Waals surface area contributed by atoms with Crippen LogP contribution in [0.3, 0.4) is 0 Å². The SMILES string of the molecule is CC1C(C2CC(CN(C)C)C2)=C(c2ccccn2)Nc2ccccc21. The van der Waals surface area contributed by atoms with Crippen molar-refractivity contribution < 1.29 is 0 Å². The van der Waals surface area contributed by atoms with E-state index in [1.165, 1.54) is 36.3 Å². The lowest BCUT2D eigenvalue weighted by molar-refractivity contribution is 0.172. The number of hydrogen-bond acceptors (Lipinski definition) is 3. The number of rotatable bonds is 4. The maximum Gasteiger partial charge on any atom is 0.0864 e. The van der Waals surface area contributed by atoms with Gasteiger partial charge in [-0.15, -0.1) is 0 Å². The van der Waals surface area contributed by atoms with Crippen molar-refractivity contribution in [2.24, 2.45) is 11.8 Å². The van der Waals surface area contributed by atoms with E-state index in [-0.39, 0.29) is 0 Å². The average Bonchev–Trinajstić information content (AvgIpc) is 2.59. The van der Waals surface area contributed by atoms with E-state index in [2.05, 4.69) is 72.6 Å². The van der Waals surface area contributed by atoms with Gasteiger partial charge < -0.3 is 10.2 Å². The third-order valence-electron chi connectivity index (χ3n) is 5.66. The summed E-state index contributed by atoms with van der Waals surface area (Å²) < 4.78 is 0. The molecule has 25 heavy (non-hydrogen) atoms. The van der Waals surface area contributed by atoms with Crippen LogP contribution in [0, 0.1) is 11.8 Å². The predicted octanol–water partition coefficient (Wildman–Crippen LogP) is 4.61. The highest BCUT2D eigenvalue weighted by Gasteiger charge is 2.38. The van der Waals surface area contributed by atoms with Crippen molar-refractivity contribution in [1.82, 2.24) is 9.88 Å². The molecule has 130 valence electrons. The first-order valence-corrected chi connectivity index (χ1v) is 9.29. The highest BCUT2D eigenvalue weighted by Crippen LogP contribution is 2.50. The minimum atomic E-state index is 0.444. The number of nitrogens with zero attached hydrogens (tertiary/aromatic N) is 2. The molecule has 0 radical (unpaired) electrons. The summed E-state index contributed by atoms with van der Waals surface area (Å²) in [4.78, 5) is 6.95. The molecule has 1 aliphatic heterocycles. The molecular formula is C22H27N3. The lowest BCUT2D eigenvalue weighted by Gasteiger charge is -2.43. The molecule has 3 heteroatoms. The molecule has 0 amide bonds. The Kier molecular flexibility index (Phi) is 4.34. The molecule has 1 N–H and O–H groups in total. The molecule has 1 fully saturated rings. The van der Waals surface area contributed by atoms with E-state index < -0.39 is 0 Å². The Labute approximate surface area is 150 Å². The number of aromatic nitrogens is 1. The first kappa shape index (κ1) is 16.3. The zero-order valence-electron chi connectivity index (χ0n) is 15.4. The van der Waals surface area contributed by atoms with Crippen LogP contribution in [0.1, 0.15) is 36.9 Å². The molecule has 1 aromatic heterocycles. The van der Waals surface area contributed by atoms with Gasteiger partial charge in [0.15, 0.2) is 0 Å². The lowest BCUT2D eigenvalue weighted by atomic mass is 9.65. The second-order valence-corrected chi connectivity index (χ2v) is 7.78. The van der Waals surface area contributed by atoms with Gasteiger partial charge in [0.05, 0.1) is 11.4 Å². The van der Waals surface area contributed by atoms with E-state index >= 15 is 0 Å². The van der Waals surface area contributed by atoms with Crippen LogP contribution in [0.15, 0.2) is 54.2 Å². The minimum absolute atomic E-state index is 0.444. The topological polar surface area (TPSA) is 28.2 Å². The second kappa shape index (κ2) is 6.64. The number of allylic oxidation sites excluding steroid dienone is 1. The van der Waals surface area contributed by atoms with Crippen molar-refractivity contribution in [2.45, 2.75) is 25.7 Å². The van der Waals surface area contributed by atoms with E-state index in [1.807, 2.05) is 12.3 Å². The van der Waals surface area contributed by atoms with Crippen LogP contribution in [-0.2, 0) is 0 Å². The molecule has 2 aromatic rings. The smallest absolute Gasteiger partial charge is 0.0864 e. The fourth-order valence-electron chi connectivity index (χ4n) is 4.51. The molecule has 2 heterocycles. The van der Waals surface area contributed by atoms with Gasteiger partial charge in [-0.3, -0.25) is 4.98 Å². The zero-order valence-corrected chi connectivity index (χ0v) is 15.4. The molecule has 1 unspecified atom stereocenters. The van der Waals surface area contributed by atoms with Gasteiger partial charge in [0, 0.05) is 24.3 Å². The van der Waals surface area contributed by atoms with Gasteiger partial charge in [-0.2, -0.15) is 0 Å². The standard InChI is InChI=1S/C22H27N3/c1-15-18-8-4-5-9-19(18)24-22(20-10-6-7-11-23-20)21(15)17-12-16(13-17)14-25(2)3/h4-11,15-17,24H,12-14H2,1-3H3. The van der Waals surface area contributed by atoms with Crippen LogP contribution in [0.4, 0.5) is 5.69 Å². The number of nitrogens with one attached hydrogen (secondary N) is 1. The summed E-state index contributed by atoms with van der Waals surface area (Å²) in [6.45, 7) is 3.55. The largest absolute Gasteiger partial charge is 0.354 e. The molecule has 4 rings (SSSR count). The van der Waals surface area contributed by atoms with Crippen LogP contribution in [0.2, 0.25) is 0 Å². The number of anilines is 1. The fourth-order valence-corrected chi connectivity index (χ4v) is 4.51. The maximum absolute atomic E-state index is 4.64. The summed E-state index contributed by atoms with van der Waals surface area (Å²) in [6.07, 6.45) is 4.47. The van der Waals surface area contributed by atoms with E-state index in [9.17, 15) is 0 Å². The van der Waals surface area contributed by atoms with Crippen LogP contribution >= 0.6 is 0 Å². The molecule has 1 aliphatic carbocycles. The number of hydrogen-bond donors (Lipinski definition) is 1. The first-order valence-electron chi connectivity index (χ1n) is 9.29. The van der Waals surface area contributed by atoms with Gasteiger partial charge >= 0.3 is 0 Å². The molecular weight excluding hydrogens is 306 g/mol. The Morgan fingerprint density at radius 3 is 2.56 bits per heavy atom. The van der Waals surface area contributed by atoms with Crippen LogP contribution in [-0.4, -0.2) is 30.5 Å². The van der Waals surface area contributed by atoms with Crippen molar-refractivity contribution in [3.05, 3.63) is 65.5 Å². The second-order valence-electron chi connectivity index (χ2n) is 7.78. The Balaban J connectivity index is 1.70. The van der Waals surface area contributed by atoms with E-state index in [0.717, 1.165) is 11.6 Å². The van der Waals surface area contributed by atoms with E-state index in [4.69, 9.17) is 0 Å². The molecule has 2 aliphatic rings. The number of benzene rings is 1. The highest BCUT2D eigenvalue weighted by atomic mass is 15.1. The van der Waals surface area contributed by atoms with Crippen LogP contribution in [0.5, 0.6) is 0 Å². The molecule has 0 saturated heterocycles. The zero-order chi connectivity index (χ0) is 17.4. The number of fused-ring (bicyclic) bond motifs is 1. The minimum Gasteiger partial charge on any atom is -0.354 e. The third kappa shape index (κ3) is 3.09. The monoisotopic (exact) mass is 333 g/mol. The summed E-state index contributed by atoms with van der Waals surface area (Å²) >= 11 is 0. The summed E-state index contributed by atoms with van der Waals surface area (Å²) in [7, 11) is 4.35. The summed E-state index contributed by atoms with van der Waals surface area (Å²) in [6, 6.07) is 14.9. The predicted molar refractivity (Wildman–Crippen MR) is 104 cm³/mol. The molecule has 3 nitrogen and oxygen atoms in total. The lowest BCUT2D eigenvalue weighted by Crippen LogP contribution is -2.36. The van der Waals surface area contributed by atoms with Gasteiger partial charge in [-0.1, -0.05) is 31.2 Å². The van der Waals surface area contributed by atoms with Gasteiger partial charge in [0.2, 0.25) is 0 Å². The number of para-hydroxylation sites is 1. The van der Waals surface area contributed by atoms with Crippen LogP contribution in [0.25, 0.3) is 5.70 Å². The van der Waals surface area contributed by atoms with E-state index in [0.29, 0.717) is 11.8 Å². The van der Waals surface area contributed by atoms with Crippen molar-refractivity contribution in [3.63, 3.8) is 0 Å². The Hall–Kier alpha value is -2.13. The Bertz CT molecular complexity index is 773. The van der Waals surface area contributed by atoms with Crippen molar-refractivity contribution in [2.75, 3.05) is 26.0 Å². The third-order valence-corrected chi connectivity index (χ3v) is 5.66. The molecule has 1 saturated carbocycles.